The Balaban J connectivity index is 1.34. The molecule has 0 aliphatic carbocycles. The number of fused-ring (bicyclic) bond motifs is 4. The number of hydrogen-bond donors (Lipinski definition) is 2. The Hall–Kier alpha value is -5.08. The van der Waals surface area contributed by atoms with Crippen LogP contribution >= 0.6 is 0 Å². The lowest BCUT2D eigenvalue weighted by Gasteiger charge is -2.18. The van der Waals surface area contributed by atoms with Gasteiger partial charge in [0, 0.05) is 0 Å². The van der Waals surface area contributed by atoms with Gasteiger partial charge in [-0.15, -0.1) is 0 Å². The van der Waals surface area contributed by atoms with Crippen LogP contribution < -0.4 is 10.6 Å². The SMILES string of the molecule is c1ccc(C2Nc3ccc(-c4c5ccccc5c(-c5ccc6ccccc6c5)c5ccccc45)cc3N2)cc1. The van der Waals surface area contributed by atoms with Gasteiger partial charge in [-0.1, -0.05) is 121 Å². The second-order valence-corrected chi connectivity index (χ2v) is 10.3. The zero-order valence-corrected chi connectivity index (χ0v) is 21.4. The second kappa shape index (κ2) is 8.75. The highest BCUT2D eigenvalue weighted by molar-refractivity contribution is 6.22. The van der Waals surface area contributed by atoms with Crippen molar-refractivity contribution in [2.24, 2.45) is 0 Å². The van der Waals surface area contributed by atoms with Crippen molar-refractivity contribution in [3.05, 3.63) is 145 Å². The fourth-order valence-corrected chi connectivity index (χ4v) is 6.20. The molecule has 0 bridgehead atoms. The third-order valence-corrected chi connectivity index (χ3v) is 8.01. The molecular weight excluding hydrogens is 472 g/mol. The van der Waals surface area contributed by atoms with Gasteiger partial charge in [-0.25, -0.2) is 0 Å². The predicted octanol–water partition coefficient (Wildman–Crippen LogP) is 10.0. The summed E-state index contributed by atoms with van der Waals surface area (Å²) in [7, 11) is 0. The lowest BCUT2D eigenvalue weighted by atomic mass is 9.85. The Labute approximate surface area is 227 Å². The fourth-order valence-electron chi connectivity index (χ4n) is 6.20. The summed E-state index contributed by atoms with van der Waals surface area (Å²) in [5.41, 5.74) is 8.53. The number of rotatable bonds is 3. The predicted molar refractivity (Wildman–Crippen MR) is 166 cm³/mol. The summed E-state index contributed by atoms with van der Waals surface area (Å²) in [6.45, 7) is 0. The Bertz CT molecular complexity index is 1970. The van der Waals surface area contributed by atoms with E-state index in [1.807, 2.05) is 0 Å². The van der Waals surface area contributed by atoms with E-state index < -0.39 is 0 Å². The minimum absolute atomic E-state index is 0.0696. The Morgan fingerprint density at radius 3 is 1.56 bits per heavy atom. The summed E-state index contributed by atoms with van der Waals surface area (Å²) < 4.78 is 0. The molecule has 1 aliphatic rings. The standard InChI is InChI=1S/C37H26N2/c1-2-11-25(12-3-1)37-38-33-21-20-28(23-34(33)39-37)36-31-16-8-6-14-29(31)35(30-15-7-9-17-32(30)36)27-19-18-24-10-4-5-13-26(24)22-27/h1-23,37-39H. The first-order valence-corrected chi connectivity index (χ1v) is 13.5. The maximum atomic E-state index is 3.70. The highest BCUT2D eigenvalue weighted by atomic mass is 15.2. The summed E-state index contributed by atoms with van der Waals surface area (Å²) in [5.74, 6) is 0. The van der Waals surface area contributed by atoms with Crippen LogP contribution in [0.1, 0.15) is 11.7 Å². The summed E-state index contributed by atoms with van der Waals surface area (Å²) in [4.78, 5) is 0. The third-order valence-electron chi connectivity index (χ3n) is 8.01. The van der Waals surface area contributed by atoms with Crippen LogP contribution in [-0.4, -0.2) is 0 Å². The van der Waals surface area contributed by atoms with Gasteiger partial charge < -0.3 is 10.6 Å². The van der Waals surface area contributed by atoms with Gasteiger partial charge in [-0.05, 0) is 78.3 Å². The molecule has 8 rings (SSSR count). The molecule has 184 valence electrons. The van der Waals surface area contributed by atoms with E-state index in [0.717, 1.165) is 11.4 Å². The van der Waals surface area contributed by atoms with E-state index in [-0.39, 0.29) is 6.17 Å². The number of anilines is 2. The molecule has 1 unspecified atom stereocenters. The Morgan fingerprint density at radius 2 is 0.897 bits per heavy atom. The molecule has 0 radical (unpaired) electrons. The summed E-state index contributed by atoms with van der Waals surface area (Å²) in [5, 5.41) is 14.9. The monoisotopic (exact) mass is 498 g/mol. The highest BCUT2D eigenvalue weighted by Gasteiger charge is 2.23. The largest absolute Gasteiger partial charge is 0.360 e. The van der Waals surface area contributed by atoms with Gasteiger partial charge >= 0.3 is 0 Å². The van der Waals surface area contributed by atoms with Crippen molar-refractivity contribution in [3.8, 4) is 22.3 Å². The third kappa shape index (κ3) is 3.57. The Morgan fingerprint density at radius 1 is 0.385 bits per heavy atom. The molecule has 7 aromatic carbocycles. The lowest BCUT2D eigenvalue weighted by molar-refractivity contribution is 0.941. The molecular formula is C37H26N2. The van der Waals surface area contributed by atoms with E-state index >= 15 is 0 Å². The van der Waals surface area contributed by atoms with E-state index in [9.17, 15) is 0 Å². The zero-order chi connectivity index (χ0) is 25.8. The van der Waals surface area contributed by atoms with Crippen LogP contribution in [-0.2, 0) is 0 Å². The highest BCUT2D eigenvalue weighted by Crippen LogP contribution is 2.46. The molecule has 0 saturated carbocycles. The van der Waals surface area contributed by atoms with Crippen molar-refractivity contribution in [3.63, 3.8) is 0 Å². The van der Waals surface area contributed by atoms with Crippen molar-refractivity contribution in [1.29, 1.82) is 0 Å². The van der Waals surface area contributed by atoms with Gasteiger partial charge in [-0.3, -0.25) is 0 Å². The summed E-state index contributed by atoms with van der Waals surface area (Å²) in [6, 6.07) is 50.5. The van der Waals surface area contributed by atoms with E-state index in [0.29, 0.717) is 0 Å². The van der Waals surface area contributed by atoms with Crippen LogP contribution in [0.15, 0.2) is 140 Å². The maximum Gasteiger partial charge on any atom is 0.123 e. The molecule has 1 aliphatic heterocycles. The topological polar surface area (TPSA) is 24.1 Å². The normalized spacial score (nSPS) is 14.3. The molecule has 0 spiro atoms. The van der Waals surface area contributed by atoms with E-state index in [4.69, 9.17) is 0 Å². The molecule has 7 aromatic rings. The first kappa shape index (κ1) is 22.0. The van der Waals surface area contributed by atoms with Gasteiger partial charge in [0.25, 0.3) is 0 Å². The van der Waals surface area contributed by atoms with Crippen LogP contribution in [0.25, 0.3) is 54.6 Å². The smallest absolute Gasteiger partial charge is 0.123 e. The van der Waals surface area contributed by atoms with Gasteiger partial charge in [0.2, 0.25) is 0 Å². The minimum atomic E-state index is 0.0696. The van der Waals surface area contributed by atoms with Crippen molar-refractivity contribution >= 4 is 43.7 Å². The van der Waals surface area contributed by atoms with Gasteiger partial charge in [0.1, 0.15) is 6.17 Å². The first-order valence-electron chi connectivity index (χ1n) is 13.5. The minimum Gasteiger partial charge on any atom is -0.360 e. The van der Waals surface area contributed by atoms with Crippen molar-refractivity contribution in [2.45, 2.75) is 6.17 Å². The van der Waals surface area contributed by atoms with E-state index in [2.05, 4.69) is 150 Å². The average molecular weight is 499 g/mol. The zero-order valence-electron chi connectivity index (χ0n) is 21.4. The van der Waals surface area contributed by atoms with E-state index in [1.54, 1.807) is 0 Å². The van der Waals surface area contributed by atoms with Crippen LogP contribution in [0.3, 0.4) is 0 Å². The second-order valence-electron chi connectivity index (χ2n) is 10.3. The molecule has 1 atom stereocenters. The quantitative estimate of drug-likeness (QED) is 0.237. The molecule has 2 heteroatoms. The molecule has 0 fully saturated rings. The molecule has 2 N–H and O–H groups in total. The van der Waals surface area contributed by atoms with Crippen molar-refractivity contribution in [1.82, 2.24) is 0 Å². The van der Waals surface area contributed by atoms with Gasteiger partial charge in [-0.2, -0.15) is 0 Å². The fraction of sp³-hybridized carbons (Fsp3) is 0.0270. The van der Waals surface area contributed by atoms with Crippen LogP contribution in [0.2, 0.25) is 0 Å². The maximum absolute atomic E-state index is 3.70. The Kier molecular flexibility index (Phi) is 4.92. The number of benzene rings is 7. The summed E-state index contributed by atoms with van der Waals surface area (Å²) >= 11 is 0. The van der Waals surface area contributed by atoms with Crippen molar-refractivity contribution < 1.29 is 0 Å². The molecule has 0 saturated heterocycles. The average Bonchev–Trinajstić information content (AvgIpc) is 3.44. The van der Waals surface area contributed by atoms with E-state index in [1.165, 1.54) is 60.1 Å². The van der Waals surface area contributed by atoms with Crippen LogP contribution in [0.5, 0.6) is 0 Å². The van der Waals surface area contributed by atoms with Crippen LogP contribution in [0, 0.1) is 0 Å². The lowest BCUT2D eigenvalue weighted by Crippen LogP contribution is -2.11. The van der Waals surface area contributed by atoms with Gasteiger partial charge in [0.05, 0.1) is 11.4 Å². The molecule has 1 heterocycles. The number of hydrogen-bond acceptors (Lipinski definition) is 2. The summed E-state index contributed by atoms with van der Waals surface area (Å²) in [6.07, 6.45) is 0.0696. The van der Waals surface area contributed by atoms with Crippen LogP contribution in [0.4, 0.5) is 11.4 Å². The van der Waals surface area contributed by atoms with Gasteiger partial charge in [0.15, 0.2) is 0 Å². The van der Waals surface area contributed by atoms with Crippen molar-refractivity contribution in [2.75, 3.05) is 10.6 Å². The molecule has 2 nitrogen and oxygen atoms in total. The molecule has 39 heavy (non-hydrogen) atoms. The molecule has 0 amide bonds. The molecule has 0 aromatic heterocycles. The first-order chi connectivity index (χ1) is 19.3. The number of nitrogens with one attached hydrogen (secondary N) is 2.